The molecule has 0 radical (unpaired) electrons. The van der Waals surface area contributed by atoms with Crippen LogP contribution in [-0.2, 0) is 6.42 Å². The molecule has 84 valence electrons. The second-order valence-electron chi connectivity index (χ2n) is 3.45. The summed E-state index contributed by atoms with van der Waals surface area (Å²) in [7, 11) is 0. The maximum atomic E-state index is 5.51. The lowest BCUT2D eigenvalue weighted by Gasteiger charge is -2.04. The maximum Gasteiger partial charge on any atom is 0.312 e. The first-order valence-electron chi connectivity index (χ1n) is 5.01. The molecule has 1 heterocycles. The molecule has 0 saturated heterocycles. The standard InChI is InChI=1S/C11H13N3O2/c1-8-2-4-9(5-3-8)15-7-6-10-13-14-11(12)16-10/h2-5H,6-7H2,1H3,(H2,12,14). The Kier molecular flexibility index (Phi) is 3.05. The third-order valence-electron chi connectivity index (χ3n) is 2.09. The summed E-state index contributed by atoms with van der Waals surface area (Å²) < 4.78 is 10.5. The van der Waals surface area contributed by atoms with Crippen molar-refractivity contribution in [2.45, 2.75) is 13.3 Å². The van der Waals surface area contributed by atoms with Crippen LogP contribution in [0.15, 0.2) is 28.7 Å². The average molecular weight is 219 g/mol. The Morgan fingerprint density at radius 2 is 2.00 bits per heavy atom. The van der Waals surface area contributed by atoms with E-state index >= 15 is 0 Å². The molecule has 0 saturated carbocycles. The smallest absolute Gasteiger partial charge is 0.312 e. The number of aromatic nitrogens is 2. The summed E-state index contributed by atoms with van der Waals surface area (Å²) in [6, 6.07) is 7.94. The van der Waals surface area contributed by atoms with Crippen LogP contribution in [0.2, 0.25) is 0 Å². The van der Waals surface area contributed by atoms with Crippen LogP contribution in [0.25, 0.3) is 0 Å². The van der Waals surface area contributed by atoms with Crippen molar-refractivity contribution in [3.63, 3.8) is 0 Å². The SMILES string of the molecule is Cc1ccc(OCCc2nnc(N)o2)cc1. The van der Waals surface area contributed by atoms with Crippen LogP contribution >= 0.6 is 0 Å². The number of rotatable bonds is 4. The molecule has 0 unspecified atom stereocenters. The fraction of sp³-hybridized carbons (Fsp3) is 0.273. The molecule has 0 aliphatic carbocycles. The fourth-order valence-electron chi connectivity index (χ4n) is 1.26. The van der Waals surface area contributed by atoms with E-state index in [1.54, 1.807) is 0 Å². The first-order valence-corrected chi connectivity index (χ1v) is 5.01. The van der Waals surface area contributed by atoms with Crippen molar-refractivity contribution in [1.29, 1.82) is 0 Å². The molecule has 1 aromatic heterocycles. The van der Waals surface area contributed by atoms with Gasteiger partial charge in [-0.25, -0.2) is 0 Å². The van der Waals surface area contributed by atoms with E-state index in [9.17, 15) is 0 Å². The first-order chi connectivity index (χ1) is 7.74. The van der Waals surface area contributed by atoms with E-state index in [1.165, 1.54) is 5.56 Å². The molecule has 5 nitrogen and oxygen atoms in total. The number of nitrogens with zero attached hydrogens (tertiary/aromatic N) is 2. The van der Waals surface area contributed by atoms with Gasteiger partial charge in [-0.3, -0.25) is 0 Å². The van der Waals surface area contributed by atoms with Crippen molar-refractivity contribution in [2.24, 2.45) is 0 Å². The Bertz CT molecular complexity index is 451. The molecule has 2 aromatic rings. The minimum atomic E-state index is 0.0883. The lowest BCUT2D eigenvalue weighted by Crippen LogP contribution is -2.01. The number of benzene rings is 1. The van der Waals surface area contributed by atoms with Crippen LogP contribution in [0, 0.1) is 6.92 Å². The Balaban J connectivity index is 1.82. The summed E-state index contributed by atoms with van der Waals surface area (Å²) in [5.41, 5.74) is 6.50. The fourth-order valence-corrected chi connectivity index (χ4v) is 1.26. The third-order valence-corrected chi connectivity index (χ3v) is 2.09. The minimum Gasteiger partial charge on any atom is -0.493 e. The van der Waals surface area contributed by atoms with Crippen molar-refractivity contribution >= 4 is 6.01 Å². The van der Waals surface area contributed by atoms with Gasteiger partial charge in [0.15, 0.2) is 0 Å². The largest absolute Gasteiger partial charge is 0.493 e. The second-order valence-corrected chi connectivity index (χ2v) is 3.45. The first kappa shape index (κ1) is 10.5. The van der Waals surface area contributed by atoms with Crippen molar-refractivity contribution in [2.75, 3.05) is 12.3 Å². The van der Waals surface area contributed by atoms with Gasteiger partial charge in [-0.2, -0.15) is 0 Å². The van der Waals surface area contributed by atoms with E-state index < -0.39 is 0 Å². The van der Waals surface area contributed by atoms with Gasteiger partial charge in [-0.15, -0.1) is 5.10 Å². The number of hydrogen-bond acceptors (Lipinski definition) is 5. The van der Waals surface area contributed by atoms with Crippen molar-refractivity contribution in [3.05, 3.63) is 35.7 Å². The average Bonchev–Trinajstić information content (AvgIpc) is 2.67. The van der Waals surface area contributed by atoms with E-state index in [0.717, 1.165) is 5.75 Å². The molecular weight excluding hydrogens is 206 g/mol. The monoisotopic (exact) mass is 219 g/mol. The second kappa shape index (κ2) is 4.65. The van der Waals surface area contributed by atoms with Crippen LogP contribution in [0.5, 0.6) is 5.75 Å². The predicted molar refractivity (Wildman–Crippen MR) is 59.1 cm³/mol. The van der Waals surface area contributed by atoms with E-state index in [4.69, 9.17) is 14.9 Å². The Morgan fingerprint density at radius 3 is 2.62 bits per heavy atom. The normalized spacial score (nSPS) is 10.3. The van der Waals surface area contributed by atoms with Gasteiger partial charge in [0.2, 0.25) is 5.89 Å². The summed E-state index contributed by atoms with van der Waals surface area (Å²) in [6.07, 6.45) is 0.554. The molecule has 2 N–H and O–H groups in total. The van der Waals surface area contributed by atoms with Crippen LogP contribution < -0.4 is 10.5 Å². The highest BCUT2D eigenvalue weighted by Gasteiger charge is 2.02. The number of aryl methyl sites for hydroxylation is 1. The maximum absolute atomic E-state index is 5.51. The zero-order chi connectivity index (χ0) is 11.4. The Morgan fingerprint density at radius 1 is 1.25 bits per heavy atom. The summed E-state index contributed by atoms with van der Waals surface area (Å²) >= 11 is 0. The van der Waals surface area contributed by atoms with Crippen LogP contribution in [0.1, 0.15) is 11.5 Å². The molecule has 0 fully saturated rings. The molecular formula is C11H13N3O2. The van der Waals surface area contributed by atoms with Crippen LogP contribution in [0.4, 0.5) is 6.01 Å². The van der Waals surface area contributed by atoms with Gasteiger partial charge in [0.05, 0.1) is 13.0 Å². The predicted octanol–water partition coefficient (Wildman–Crippen LogP) is 1.58. The van der Waals surface area contributed by atoms with Crippen LogP contribution in [-0.4, -0.2) is 16.8 Å². The Labute approximate surface area is 93.2 Å². The number of anilines is 1. The zero-order valence-electron chi connectivity index (χ0n) is 9.01. The summed E-state index contributed by atoms with van der Waals surface area (Å²) in [6.45, 7) is 2.52. The van der Waals surface area contributed by atoms with Crippen LogP contribution in [0.3, 0.4) is 0 Å². The number of ether oxygens (including phenoxy) is 1. The molecule has 0 amide bonds. The molecule has 1 aromatic carbocycles. The van der Waals surface area contributed by atoms with E-state index in [-0.39, 0.29) is 6.01 Å². The van der Waals surface area contributed by atoms with Gasteiger partial charge in [0.1, 0.15) is 5.75 Å². The number of nitrogens with two attached hydrogens (primary N) is 1. The van der Waals surface area contributed by atoms with Gasteiger partial charge >= 0.3 is 6.01 Å². The van der Waals surface area contributed by atoms with E-state index in [1.807, 2.05) is 31.2 Å². The van der Waals surface area contributed by atoms with Crippen molar-refractivity contribution in [1.82, 2.24) is 10.2 Å². The quantitative estimate of drug-likeness (QED) is 0.845. The lowest BCUT2D eigenvalue weighted by atomic mass is 10.2. The zero-order valence-corrected chi connectivity index (χ0v) is 9.01. The molecule has 0 aliphatic heterocycles. The molecule has 0 atom stereocenters. The van der Waals surface area contributed by atoms with Gasteiger partial charge < -0.3 is 14.9 Å². The van der Waals surface area contributed by atoms with Gasteiger partial charge in [-0.05, 0) is 19.1 Å². The minimum absolute atomic E-state index is 0.0883. The molecule has 2 rings (SSSR count). The topological polar surface area (TPSA) is 74.2 Å². The highest BCUT2D eigenvalue weighted by atomic mass is 16.5. The molecule has 16 heavy (non-hydrogen) atoms. The van der Waals surface area contributed by atoms with Crippen molar-refractivity contribution in [3.8, 4) is 5.75 Å². The summed E-state index contributed by atoms with van der Waals surface area (Å²) in [5.74, 6) is 1.32. The summed E-state index contributed by atoms with van der Waals surface area (Å²) in [4.78, 5) is 0. The Hall–Kier alpha value is -2.04. The molecule has 0 aliphatic rings. The van der Waals surface area contributed by atoms with Gasteiger partial charge in [0, 0.05) is 0 Å². The summed E-state index contributed by atoms with van der Waals surface area (Å²) in [5, 5.41) is 7.30. The highest BCUT2D eigenvalue weighted by molar-refractivity contribution is 5.26. The number of nitrogen functional groups attached to an aromatic ring is 1. The molecule has 0 spiro atoms. The highest BCUT2D eigenvalue weighted by Crippen LogP contribution is 2.11. The van der Waals surface area contributed by atoms with Gasteiger partial charge in [-0.1, -0.05) is 22.8 Å². The van der Waals surface area contributed by atoms with Crippen molar-refractivity contribution < 1.29 is 9.15 Å². The third kappa shape index (κ3) is 2.73. The van der Waals surface area contributed by atoms with Gasteiger partial charge in [0.25, 0.3) is 0 Å². The number of hydrogen-bond donors (Lipinski definition) is 1. The molecule has 5 heteroatoms. The van der Waals surface area contributed by atoms with E-state index in [2.05, 4.69) is 10.2 Å². The lowest BCUT2D eigenvalue weighted by molar-refractivity contribution is 0.307. The molecule has 0 bridgehead atoms. The van der Waals surface area contributed by atoms with E-state index in [0.29, 0.717) is 18.9 Å².